The molecule has 86 valence electrons. The number of aliphatic hydroxyl groups is 1. The molecule has 0 aliphatic carbocycles. The highest BCUT2D eigenvalue weighted by molar-refractivity contribution is 5.42. The van der Waals surface area contributed by atoms with Crippen molar-refractivity contribution < 1.29 is 14.8 Å². The van der Waals surface area contributed by atoms with Gasteiger partial charge in [-0.2, -0.15) is 0 Å². The number of nitrogens with zero attached hydrogens (tertiary/aromatic N) is 1. The summed E-state index contributed by atoms with van der Waals surface area (Å²) in [5.41, 5.74) is 0.832. The van der Waals surface area contributed by atoms with E-state index in [0.717, 1.165) is 0 Å². The second kappa shape index (κ2) is 4.59. The summed E-state index contributed by atoms with van der Waals surface area (Å²) in [7, 11) is 0. The third-order valence-corrected chi connectivity index (χ3v) is 2.86. The van der Waals surface area contributed by atoms with E-state index < -0.39 is 0 Å². The summed E-state index contributed by atoms with van der Waals surface area (Å²) in [6.45, 7) is 0.410. The van der Waals surface area contributed by atoms with E-state index in [0.29, 0.717) is 18.6 Å². The standard InChI is InChI=1S/C11H13NO4/c13-6-9-5-8(7-16-9)10-3-1-2-4-11(10)12(14)15/h1-4,8-9,13H,5-7H2. The summed E-state index contributed by atoms with van der Waals surface area (Å²) in [6, 6.07) is 6.70. The van der Waals surface area contributed by atoms with Gasteiger partial charge in [-0.25, -0.2) is 0 Å². The highest BCUT2D eigenvalue weighted by Crippen LogP contribution is 2.34. The van der Waals surface area contributed by atoms with E-state index in [1.54, 1.807) is 18.2 Å². The summed E-state index contributed by atoms with van der Waals surface area (Å²) < 4.78 is 5.33. The van der Waals surface area contributed by atoms with Crippen LogP contribution in [-0.4, -0.2) is 29.3 Å². The van der Waals surface area contributed by atoms with Crippen LogP contribution >= 0.6 is 0 Å². The highest BCUT2D eigenvalue weighted by Gasteiger charge is 2.30. The molecule has 1 aliphatic heterocycles. The normalized spacial score (nSPS) is 24.6. The zero-order valence-corrected chi connectivity index (χ0v) is 8.70. The van der Waals surface area contributed by atoms with Gasteiger partial charge in [-0.15, -0.1) is 0 Å². The van der Waals surface area contributed by atoms with Crippen molar-refractivity contribution in [2.45, 2.75) is 18.4 Å². The van der Waals surface area contributed by atoms with Gasteiger partial charge in [0.1, 0.15) is 0 Å². The minimum absolute atomic E-state index is 0.0127. The van der Waals surface area contributed by atoms with Crippen molar-refractivity contribution >= 4 is 5.69 Å². The fourth-order valence-corrected chi connectivity index (χ4v) is 2.05. The van der Waals surface area contributed by atoms with Gasteiger partial charge in [0.2, 0.25) is 0 Å². The lowest BCUT2D eigenvalue weighted by Gasteiger charge is -2.08. The Bertz CT molecular complexity index is 393. The molecule has 1 fully saturated rings. The van der Waals surface area contributed by atoms with Gasteiger partial charge in [0.25, 0.3) is 5.69 Å². The molecule has 0 aromatic heterocycles. The van der Waals surface area contributed by atoms with Crippen LogP contribution in [0.5, 0.6) is 0 Å². The molecule has 2 unspecified atom stereocenters. The Morgan fingerprint density at radius 2 is 2.25 bits per heavy atom. The van der Waals surface area contributed by atoms with Crippen LogP contribution < -0.4 is 0 Å². The topological polar surface area (TPSA) is 72.6 Å². The van der Waals surface area contributed by atoms with Crippen molar-refractivity contribution in [3.8, 4) is 0 Å². The van der Waals surface area contributed by atoms with Crippen LogP contribution in [0, 0.1) is 10.1 Å². The molecule has 5 nitrogen and oxygen atoms in total. The van der Waals surface area contributed by atoms with Gasteiger partial charge in [0, 0.05) is 17.5 Å². The van der Waals surface area contributed by atoms with E-state index in [4.69, 9.17) is 9.84 Å². The number of aliphatic hydroxyl groups excluding tert-OH is 1. The molecule has 2 atom stereocenters. The van der Waals surface area contributed by atoms with Crippen molar-refractivity contribution in [1.29, 1.82) is 0 Å². The van der Waals surface area contributed by atoms with Crippen molar-refractivity contribution in [3.63, 3.8) is 0 Å². The first kappa shape index (κ1) is 11.0. The Labute approximate surface area is 92.8 Å². The van der Waals surface area contributed by atoms with E-state index >= 15 is 0 Å². The Balaban J connectivity index is 2.24. The number of nitro benzene ring substituents is 1. The van der Waals surface area contributed by atoms with Crippen molar-refractivity contribution in [3.05, 3.63) is 39.9 Å². The quantitative estimate of drug-likeness (QED) is 0.622. The third kappa shape index (κ3) is 2.05. The molecule has 16 heavy (non-hydrogen) atoms. The SMILES string of the molecule is O=[N+]([O-])c1ccccc1C1COC(CO)C1. The minimum Gasteiger partial charge on any atom is -0.394 e. The monoisotopic (exact) mass is 223 g/mol. The smallest absolute Gasteiger partial charge is 0.272 e. The molecular weight excluding hydrogens is 210 g/mol. The van der Waals surface area contributed by atoms with Gasteiger partial charge in [0.15, 0.2) is 0 Å². The molecule has 1 heterocycles. The minimum atomic E-state index is -0.373. The van der Waals surface area contributed by atoms with Gasteiger partial charge in [-0.05, 0) is 6.42 Å². The number of hydrogen-bond acceptors (Lipinski definition) is 4. The number of para-hydroxylation sites is 1. The number of ether oxygens (including phenoxy) is 1. The Hall–Kier alpha value is -1.46. The summed E-state index contributed by atoms with van der Waals surface area (Å²) >= 11 is 0. The maximum absolute atomic E-state index is 10.8. The molecule has 0 saturated carbocycles. The molecule has 0 bridgehead atoms. The van der Waals surface area contributed by atoms with E-state index in [1.165, 1.54) is 6.07 Å². The van der Waals surface area contributed by atoms with Gasteiger partial charge >= 0.3 is 0 Å². The van der Waals surface area contributed by atoms with Gasteiger partial charge in [0.05, 0.1) is 24.2 Å². The zero-order valence-electron chi connectivity index (χ0n) is 8.70. The molecule has 1 aromatic carbocycles. The molecule has 1 saturated heterocycles. The first-order valence-corrected chi connectivity index (χ1v) is 5.18. The van der Waals surface area contributed by atoms with Gasteiger partial charge in [-0.3, -0.25) is 10.1 Å². The first-order chi connectivity index (χ1) is 7.72. The molecule has 1 aliphatic rings. The lowest BCUT2D eigenvalue weighted by molar-refractivity contribution is -0.385. The van der Waals surface area contributed by atoms with Gasteiger partial charge < -0.3 is 9.84 Å². The summed E-state index contributed by atoms with van der Waals surface area (Å²) in [6.07, 6.45) is 0.450. The molecule has 0 spiro atoms. The largest absolute Gasteiger partial charge is 0.394 e. The molecule has 0 radical (unpaired) electrons. The lowest BCUT2D eigenvalue weighted by Crippen LogP contribution is -2.09. The fourth-order valence-electron chi connectivity index (χ4n) is 2.05. The second-order valence-corrected chi connectivity index (χ2v) is 3.89. The Morgan fingerprint density at radius 3 is 2.88 bits per heavy atom. The fraction of sp³-hybridized carbons (Fsp3) is 0.455. The van der Waals surface area contributed by atoms with Crippen LogP contribution in [0.3, 0.4) is 0 Å². The predicted molar refractivity (Wildman–Crippen MR) is 57.3 cm³/mol. The van der Waals surface area contributed by atoms with Crippen molar-refractivity contribution in [1.82, 2.24) is 0 Å². The molecular formula is C11H13NO4. The van der Waals surface area contributed by atoms with Crippen LogP contribution in [-0.2, 0) is 4.74 Å². The predicted octanol–water partition coefficient (Wildman–Crippen LogP) is 1.46. The summed E-state index contributed by atoms with van der Waals surface area (Å²) in [5.74, 6) is 0.0127. The average molecular weight is 223 g/mol. The van der Waals surface area contributed by atoms with E-state index in [-0.39, 0.29) is 29.2 Å². The van der Waals surface area contributed by atoms with E-state index in [9.17, 15) is 10.1 Å². The molecule has 0 amide bonds. The number of benzene rings is 1. The van der Waals surface area contributed by atoms with Crippen LogP contribution in [0.4, 0.5) is 5.69 Å². The highest BCUT2D eigenvalue weighted by atomic mass is 16.6. The average Bonchev–Trinajstić information content (AvgIpc) is 2.77. The Kier molecular flexibility index (Phi) is 3.17. The van der Waals surface area contributed by atoms with Crippen LogP contribution in [0.25, 0.3) is 0 Å². The molecule has 1 aromatic rings. The Morgan fingerprint density at radius 1 is 1.50 bits per heavy atom. The zero-order chi connectivity index (χ0) is 11.5. The van der Waals surface area contributed by atoms with Gasteiger partial charge in [-0.1, -0.05) is 18.2 Å². The van der Waals surface area contributed by atoms with E-state index in [1.807, 2.05) is 0 Å². The molecule has 5 heteroatoms. The molecule has 1 N–H and O–H groups in total. The van der Waals surface area contributed by atoms with Crippen molar-refractivity contribution in [2.75, 3.05) is 13.2 Å². The second-order valence-electron chi connectivity index (χ2n) is 3.89. The van der Waals surface area contributed by atoms with Crippen LogP contribution in [0.2, 0.25) is 0 Å². The number of hydrogen-bond donors (Lipinski definition) is 1. The maximum Gasteiger partial charge on any atom is 0.272 e. The lowest BCUT2D eigenvalue weighted by atomic mass is 9.95. The van der Waals surface area contributed by atoms with Crippen LogP contribution in [0.1, 0.15) is 17.9 Å². The summed E-state index contributed by atoms with van der Waals surface area (Å²) in [5, 5.41) is 19.8. The number of rotatable bonds is 3. The third-order valence-electron chi connectivity index (χ3n) is 2.86. The molecule has 2 rings (SSSR count). The van der Waals surface area contributed by atoms with Crippen molar-refractivity contribution in [2.24, 2.45) is 0 Å². The van der Waals surface area contributed by atoms with E-state index in [2.05, 4.69) is 0 Å². The van der Waals surface area contributed by atoms with Crippen LogP contribution in [0.15, 0.2) is 24.3 Å². The summed E-state index contributed by atoms with van der Waals surface area (Å²) in [4.78, 5) is 10.5. The number of nitro groups is 1. The maximum atomic E-state index is 10.8. The first-order valence-electron chi connectivity index (χ1n) is 5.18.